The molecule has 1 heterocycles. The number of aromatic nitrogens is 1. The first-order valence-corrected chi connectivity index (χ1v) is 8.47. The summed E-state index contributed by atoms with van der Waals surface area (Å²) in [6.45, 7) is 3.91. The summed E-state index contributed by atoms with van der Waals surface area (Å²) in [5, 5.41) is 13.8. The van der Waals surface area contributed by atoms with E-state index >= 15 is 0 Å². The van der Waals surface area contributed by atoms with Gasteiger partial charge in [-0.05, 0) is 31.5 Å². The van der Waals surface area contributed by atoms with E-state index in [1.165, 1.54) is 0 Å². The average Bonchev–Trinajstić information content (AvgIpc) is 2.68. The highest BCUT2D eigenvalue weighted by atomic mass is 16.5. The van der Waals surface area contributed by atoms with Crippen LogP contribution in [-0.4, -0.2) is 30.1 Å². The fraction of sp³-hybridized carbons (Fsp3) is 0.238. The van der Waals surface area contributed by atoms with E-state index in [0.29, 0.717) is 17.9 Å². The molecule has 3 aromatic rings. The van der Waals surface area contributed by atoms with Crippen LogP contribution in [0.5, 0.6) is 11.5 Å². The Kier molecular flexibility index (Phi) is 5.07. The van der Waals surface area contributed by atoms with E-state index in [1.54, 1.807) is 14.2 Å². The number of ether oxygens (including phenoxy) is 2. The molecule has 2 aromatic carbocycles. The van der Waals surface area contributed by atoms with Gasteiger partial charge in [0.25, 0.3) is 0 Å². The van der Waals surface area contributed by atoms with E-state index in [1.807, 2.05) is 56.3 Å². The monoisotopic (exact) mass is 350 g/mol. The van der Waals surface area contributed by atoms with Crippen molar-refractivity contribution >= 4 is 16.6 Å². The number of hydrogen-bond donors (Lipinski definition) is 1. The first kappa shape index (κ1) is 17.7. The average molecular weight is 350 g/mol. The molecule has 1 N–H and O–H groups in total. The molecule has 0 radical (unpaired) electrons. The number of pyridine rings is 1. The molecular formula is C21H22N2O3. The van der Waals surface area contributed by atoms with Crippen molar-refractivity contribution in [2.75, 3.05) is 14.2 Å². The standard InChI is InChI=1S/C21H22N2O3/c1-5-19(23-24)18-11-13(2)22-21-16(7-6-8-17(18)21)15-10-9-14(25-3)12-20(15)26-4/h6-12,24H,5H2,1-4H3/b23-19-. The molecule has 0 saturated carbocycles. The van der Waals surface area contributed by atoms with Crippen LogP contribution >= 0.6 is 0 Å². The van der Waals surface area contributed by atoms with Crippen LogP contribution in [0.2, 0.25) is 0 Å². The molecule has 0 spiro atoms. The summed E-state index contributed by atoms with van der Waals surface area (Å²) >= 11 is 0. The molecular weight excluding hydrogens is 328 g/mol. The molecule has 0 unspecified atom stereocenters. The zero-order valence-electron chi connectivity index (χ0n) is 15.4. The third-order valence-electron chi connectivity index (χ3n) is 4.43. The molecule has 0 bridgehead atoms. The molecule has 0 amide bonds. The van der Waals surface area contributed by atoms with Crippen LogP contribution in [0, 0.1) is 6.92 Å². The van der Waals surface area contributed by atoms with Gasteiger partial charge in [0.2, 0.25) is 0 Å². The summed E-state index contributed by atoms with van der Waals surface area (Å²) in [5.41, 5.74) is 5.14. The van der Waals surface area contributed by atoms with Crippen LogP contribution in [0.4, 0.5) is 0 Å². The lowest BCUT2D eigenvalue weighted by molar-refractivity contribution is 0.318. The van der Waals surface area contributed by atoms with Crippen LogP contribution in [0.25, 0.3) is 22.0 Å². The molecule has 3 rings (SSSR count). The summed E-state index contributed by atoms with van der Waals surface area (Å²) in [6, 6.07) is 13.7. The van der Waals surface area contributed by atoms with Crippen LogP contribution < -0.4 is 9.47 Å². The Bertz CT molecular complexity index is 980. The van der Waals surface area contributed by atoms with Crippen LogP contribution in [-0.2, 0) is 0 Å². The van der Waals surface area contributed by atoms with Crippen molar-refractivity contribution < 1.29 is 14.7 Å². The number of para-hydroxylation sites is 1. The fourth-order valence-electron chi connectivity index (χ4n) is 3.17. The Morgan fingerprint density at radius 2 is 1.88 bits per heavy atom. The number of fused-ring (bicyclic) bond motifs is 1. The lowest BCUT2D eigenvalue weighted by Gasteiger charge is -2.14. The van der Waals surface area contributed by atoms with Gasteiger partial charge in [0.1, 0.15) is 11.5 Å². The van der Waals surface area contributed by atoms with Crippen LogP contribution in [0.15, 0.2) is 47.6 Å². The number of hydrogen-bond acceptors (Lipinski definition) is 5. The minimum atomic E-state index is 0.630. The Morgan fingerprint density at radius 3 is 2.54 bits per heavy atom. The Labute approximate surface area is 152 Å². The summed E-state index contributed by atoms with van der Waals surface area (Å²) in [4.78, 5) is 4.76. The third-order valence-corrected chi connectivity index (χ3v) is 4.43. The van der Waals surface area contributed by atoms with E-state index in [4.69, 9.17) is 14.5 Å². The topological polar surface area (TPSA) is 63.9 Å². The predicted molar refractivity (Wildman–Crippen MR) is 104 cm³/mol. The van der Waals surface area contributed by atoms with Crippen molar-refractivity contribution in [2.45, 2.75) is 20.3 Å². The third kappa shape index (κ3) is 3.08. The second-order valence-electron chi connectivity index (χ2n) is 5.98. The van der Waals surface area contributed by atoms with Gasteiger partial charge in [0.05, 0.1) is 25.4 Å². The van der Waals surface area contributed by atoms with E-state index in [2.05, 4.69) is 5.16 Å². The first-order chi connectivity index (χ1) is 12.6. The van der Waals surface area contributed by atoms with E-state index in [9.17, 15) is 5.21 Å². The number of nitrogens with zero attached hydrogens (tertiary/aromatic N) is 2. The van der Waals surface area contributed by atoms with Gasteiger partial charge >= 0.3 is 0 Å². The smallest absolute Gasteiger partial charge is 0.130 e. The highest BCUT2D eigenvalue weighted by Crippen LogP contribution is 2.37. The summed E-state index contributed by atoms with van der Waals surface area (Å²) < 4.78 is 10.9. The SMILES string of the molecule is CC/C(=N/O)c1cc(C)nc2c(-c3ccc(OC)cc3OC)cccc12. The zero-order chi connectivity index (χ0) is 18.7. The molecule has 0 aliphatic carbocycles. The second kappa shape index (κ2) is 7.44. The van der Waals surface area contributed by atoms with Gasteiger partial charge in [0.15, 0.2) is 0 Å². The molecule has 0 atom stereocenters. The van der Waals surface area contributed by atoms with E-state index < -0.39 is 0 Å². The minimum absolute atomic E-state index is 0.630. The maximum atomic E-state index is 9.39. The minimum Gasteiger partial charge on any atom is -0.497 e. The maximum absolute atomic E-state index is 9.39. The normalized spacial score (nSPS) is 11.6. The predicted octanol–water partition coefficient (Wildman–Crippen LogP) is 4.82. The Hall–Kier alpha value is -3.08. The number of aryl methyl sites for hydroxylation is 1. The lowest BCUT2D eigenvalue weighted by Crippen LogP contribution is -2.03. The zero-order valence-corrected chi connectivity index (χ0v) is 15.4. The summed E-state index contributed by atoms with van der Waals surface area (Å²) in [5.74, 6) is 1.45. The molecule has 1 aromatic heterocycles. The number of methoxy groups -OCH3 is 2. The van der Waals surface area contributed by atoms with Gasteiger partial charge < -0.3 is 14.7 Å². The van der Waals surface area contributed by atoms with Crippen molar-refractivity contribution in [2.24, 2.45) is 5.16 Å². The van der Waals surface area contributed by atoms with E-state index in [0.717, 1.165) is 39.0 Å². The maximum Gasteiger partial charge on any atom is 0.130 e. The van der Waals surface area contributed by atoms with Gasteiger partial charge in [-0.1, -0.05) is 30.3 Å². The molecule has 0 fully saturated rings. The van der Waals surface area contributed by atoms with E-state index in [-0.39, 0.29) is 0 Å². The highest BCUT2D eigenvalue weighted by molar-refractivity contribution is 6.12. The fourth-order valence-corrected chi connectivity index (χ4v) is 3.17. The lowest BCUT2D eigenvalue weighted by atomic mass is 9.96. The summed E-state index contributed by atoms with van der Waals surface area (Å²) in [7, 11) is 3.27. The second-order valence-corrected chi connectivity index (χ2v) is 5.98. The first-order valence-electron chi connectivity index (χ1n) is 8.47. The van der Waals surface area contributed by atoms with Crippen molar-refractivity contribution in [3.05, 3.63) is 53.7 Å². The molecule has 5 heteroatoms. The number of oxime groups is 1. The van der Waals surface area contributed by atoms with Crippen LogP contribution in [0.3, 0.4) is 0 Å². The Morgan fingerprint density at radius 1 is 1.08 bits per heavy atom. The van der Waals surface area contributed by atoms with Gasteiger partial charge in [-0.15, -0.1) is 0 Å². The van der Waals surface area contributed by atoms with Gasteiger partial charge in [0, 0.05) is 33.8 Å². The Balaban J connectivity index is 2.33. The molecule has 0 aliphatic heterocycles. The number of rotatable bonds is 5. The van der Waals surface area contributed by atoms with Gasteiger partial charge in [-0.3, -0.25) is 4.98 Å². The van der Waals surface area contributed by atoms with Crippen molar-refractivity contribution in [3.8, 4) is 22.6 Å². The molecule has 5 nitrogen and oxygen atoms in total. The van der Waals surface area contributed by atoms with Crippen molar-refractivity contribution in [1.82, 2.24) is 4.98 Å². The summed E-state index contributed by atoms with van der Waals surface area (Å²) in [6.07, 6.45) is 0.630. The molecule has 0 saturated heterocycles. The number of benzene rings is 2. The molecule has 26 heavy (non-hydrogen) atoms. The van der Waals surface area contributed by atoms with Crippen molar-refractivity contribution in [3.63, 3.8) is 0 Å². The quantitative estimate of drug-likeness (QED) is 0.407. The molecule has 0 aliphatic rings. The largest absolute Gasteiger partial charge is 0.497 e. The highest BCUT2D eigenvalue weighted by Gasteiger charge is 2.15. The van der Waals surface area contributed by atoms with Crippen LogP contribution in [0.1, 0.15) is 24.6 Å². The van der Waals surface area contributed by atoms with Gasteiger partial charge in [-0.2, -0.15) is 0 Å². The van der Waals surface area contributed by atoms with Gasteiger partial charge in [-0.25, -0.2) is 0 Å². The molecule has 134 valence electrons. The van der Waals surface area contributed by atoms with Crippen molar-refractivity contribution in [1.29, 1.82) is 0 Å².